The third-order valence-electron chi connectivity index (χ3n) is 5.35. The Morgan fingerprint density at radius 1 is 1.26 bits per heavy atom. The van der Waals surface area contributed by atoms with E-state index in [0.29, 0.717) is 36.4 Å². The zero-order valence-electron chi connectivity index (χ0n) is 19.2. The first-order valence-electron chi connectivity index (χ1n) is 11.2. The number of halogens is 2. The average molecular weight is 510 g/mol. The molecular formula is C25H29F2NO4S2. The van der Waals surface area contributed by atoms with Gasteiger partial charge in [-0.1, -0.05) is 54.2 Å². The zero-order chi connectivity index (χ0) is 24.7. The van der Waals surface area contributed by atoms with Crippen LogP contribution in [-0.4, -0.2) is 51.8 Å². The van der Waals surface area contributed by atoms with Gasteiger partial charge in [-0.05, 0) is 45.2 Å². The van der Waals surface area contributed by atoms with Gasteiger partial charge in [0.05, 0.1) is 12.1 Å². The summed E-state index contributed by atoms with van der Waals surface area (Å²) in [6.07, 6.45) is 2.41. The van der Waals surface area contributed by atoms with Crippen molar-refractivity contribution in [3.8, 4) is 0 Å². The number of benzene rings is 1. The number of amides is 1. The van der Waals surface area contributed by atoms with E-state index in [9.17, 15) is 23.5 Å². The quantitative estimate of drug-likeness (QED) is 0.320. The highest BCUT2D eigenvalue weighted by Crippen LogP contribution is 2.33. The molecule has 2 aromatic rings. The maximum atomic E-state index is 14.6. The number of esters is 1. The van der Waals surface area contributed by atoms with Crippen LogP contribution in [-0.2, 0) is 17.1 Å². The lowest BCUT2D eigenvalue weighted by atomic mass is 10.0. The van der Waals surface area contributed by atoms with Gasteiger partial charge in [-0.3, -0.25) is 4.79 Å². The summed E-state index contributed by atoms with van der Waals surface area (Å²) in [6, 6.07) is 10.5. The predicted octanol–water partition coefficient (Wildman–Crippen LogP) is 5.88. The molecule has 1 fully saturated rings. The monoisotopic (exact) mass is 509 g/mol. The number of rotatable bonds is 10. The summed E-state index contributed by atoms with van der Waals surface area (Å²) in [5.74, 6) is -3.17. The molecule has 1 aliphatic heterocycles. The van der Waals surface area contributed by atoms with Crippen LogP contribution < -0.4 is 0 Å². The van der Waals surface area contributed by atoms with E-state index in [-0.39, 0.29) is 28.9 Å². The summed E-state index contributed by atoms with van der Waals surface area (Å²) in [5.41, 5.74) is -0.258. The molecular weight excluding hydrogens is 480 g/mol. The molecule has 3 rings (SSSR count). The number of aliphatic hydroxyl groups is 1. The number of carbonyl (C=O) groups is 2. The molecule has 184 valence electrons. The van der Waals surface area contributed by atoms with E-state index in [1.165, 1.54) is 53.4 Å². The fourth-order valence-electron chi connectivity index (χ4n) is 3.60. The highest BCUT2D eigenvalue weighted by molar-refractivity contribution is 8.13. The molecule has 2 unspecified atom stereocenters. The molecule has 1 aromatic heterocycles. The Kier molecular flexibility index (Phi) is 9.27. The van der Waals surface area contributed by atoms with Crippen LogP contribution in [0.25, 0.3) is 0 Å². The molecule has 9 heteroatoms. The van der Waals surface area contributed by atoms with Gasteiger partial charge in [-0.2, -0.15) is 8.78 Å². The molecule has 0 aliphatic carbocycles. The molecule has 1 N–H and O–H groups in total. The molecule has 2 heterocycles. The number of thiophene rings is 1. The number of alkyl halides is 2. The Labute approximate surface area is 206 Å². The van der Waals surface area contributed by atoms with Crippen molar-refractivity contribution >= 4 is 34.3 Å². The van der Waals surface area contributed by atoms with E-state index < -0.39 is 12.0 Å². The van der Waals surface area contributed by atoms with E-state index in [2.05, 4.69) is 0 Å². The topological polar surface area (TPSA) is 66.8 Å². The Bertz CT molecular complexity index is 994. The Morgan fingerprint density at radius 2 is 2.00 bits per heavy atom. The van der Waals surface area contributed by atoms with E-state index in [4.69, 9.17) is 4.74 Å². The molecule has 0 spiro atoms. The van der Waals surface area contributed by atoms with Gasteiger partial charge in [0.25, 0.3) is 5.24 Å². The van der Waals surface area contributed by atoms with Crippen LogP contribution in [0, 0.1) is 0 Å². The number of nitrogens with zero attached hydrogens (tertiary/aromatic N) is 1. The smallest absolute Gasteiger partial charge is 0.348 e. The van der Waals surface area contributed by atoms with Gasteiger partial charge in [-0.25, -0.2) is 4.79 Å². The first kappa shape index (κ1) is 26.4. The van der Waals surface area contributed by atoms with Crippen molar-refractivity contribution in [1.29, 1.82) is 0 Å². The largest absolute Gasteiger partial charge is 0.459 e. The third-order valence-corrected chi connectivity index (χ3v) is 7.39. The Balaban J connectivity index is 1.58. The van der Waals surface area contributed by atoms with Crippen molar-refractivity contribution in [1.82, 2.24) is 4.90 Å². The summed E-state index contributed by atoms with van der Waals surface area (Å²) in [4.78, 5) is 27.7. The summed E-state index contributed by atoms with van der Waals surface area (Å²) in [6.45, 7) is 4.05. The minimum Gasteiger partial charge on any atom is -0.459 e. The number of thioether (sulfide) groups is 1. The molecule has 1 amide bonds. The van der Waals surface area contributed by atoms with Gasteiger partial charge >= 0.3 is 11.9 Å². The lowest BCUT2D eigenvalue weighted by Gasteiger charge is -2.33. The van der Waals surface area contributed by atoms with Gasteiger partial charge < -0.3 is 14.7 Å². The van der Waals surface area contributed by atoms with Crippen LogP contribution in [0.5, 0.6) is 0 Å². The number of aryl methyl sites for hydroxylation is 1. The SMILES string of the molecule is CC(C)OC(=O)c1ccc(CCCN2C(=O)SCCC2C=CC(O)C(F)(F)c2ccccc2)s1. The first-order chi connectivity index (χ1) is 16.2. The lowest BCUT2D eigenvalue weighted by molar-refractivity contribution is -0.0929. The second-order valence-corrected chi connectivity index (χ2v) is 10.5. The molecule has 0 bridgehead atoms. The standard InChI is InChI=1S/C25H29F2NO4S2/c1-17(2)32-23(30)21-12-11-20(34-21)9-6-15-28-19(14-16-33-24(28)31)10-13-22(29)25(26,27)18-7-4-3-5-8-18/h3-5,7-8,10-13,17,19,22,29H,6,9,14-16H2,1-2H3. The van der Waals surface area contributed by atoms with Crippen molar-refractivity contribution < 1.29 is 28.2 Å². The minimum absolute atomic E-state index is 0.0995. The molecule has 1 aromatic carbocycles. The third kappa shape index (κ3) is 6.90. The van der Waals surface area contributed by atoms with Gasteiger partial charge in [0.2, 0.25) is 0 Å². The second-order valence-electron chi connectivity index (χ2n) is 8.31. The van der Waals surface area contributed by atoms with Gasteiger partial charge in [0, 0.05) is 22.7 Å². The number of carbonyl (C=O) groups excluding carboxylic acids is 2. The number of aliphatic hydroxyl groups excluding tert-OH is 1. The van der Waals surface area contributed by atoms with Gasteiger partial charge in [0.1, 0.15) is 11.0 Å². The van der Waals surface area contributed by atoms with Crippen LogP contribution in [0.2, 0.25) is 0 Å². The summed E-state index contributed by atoms with van der Waals surface area (Å²) < 4.78 is 34.4. The summed E-state index contributed by atoms with van der Waals surface area (Å²) in [5, 5.41) is 10.1. The number of hydrogen-bond acceptors (Lipinski definition) is 6. The van der Waals surface area contributed by atoms with Crippen LogP contribution >= 0.6 is 23.1 Å². The van der Waals surface area contributed by atoms with Gasteiger partial charge in [0.15, 0.2) is 0 Å². The molecule has 5 nitrogen and oxygen atoms in total. The fourth-order valence-corrected chi connectivity index (χ4v) is 5.46. The second kappa shape index (κ2) is 12.0. The van der Waals surface area contributed by atoms with Crippen LogP contribution in [0.1, 0.15) is 46.8 Å². The van der Waals surface area contributed by atoms with Crippen molar-refractivity contribution in [3.63, 3.8) is 0 Å². The maximum absolute atomic E-state index is 14.6. The van der Waals surface area contributed by atoms with Crippen molar-refractivity contribution in [3.05, 3.63) is 69.9 Å². The minimum atomic E-state index is -3.43. The molecule has 1 saturated heterocycles. The maximum Gasteiger partial charge on any atom is 0.348 e. The molecule has 0 radical (unpaired) electrons. The predicted molar refractivity (Wildman–Crippen MR) is 132 cm³/mol. The number of ether oxygens (including phenoxy) is 1. The van der Waals surface area contributed by atoms with Crippen molar-refractivity contribution in [2.45, 2.75) is 57.3 Å². The molecule has 0 saturated carbocycles. The molecule has 34 heavy (non-hydrogen) atoms. The van der Waals surface area contributed by atoms with E-state index in [1.807, 2.05) is 6.07 Å². The summed E-state index contributed by atoms with van der Waals surface area (Å²) >= 11 is 2.58. The van der Waals surface area contributed by atoms with Crippen LogP contribution in [0.4, 0.5) is 13.6 Å². The molecule has 1 aliphatic rings. The normalized spacial score (nSPS) is 18.0. The first-order valence-corrected chi connectivity index (χ1v) is 13.0. The average Bonchev–Trinajstić information content (AvgIpc) is 3.28. The van der Waals surface area contributed by atoms with E-state index in [1.54, 1.807) is 30.9 Å². The van der Waals surface area contributed by atoms with Crippen LogP contribution in [0.3, 0.4) is 0 Å². The summed E-state index contributed by atoms with van der Waals surface area (Å²) in [7, 11) is 0. The highest BCUT2D eigenvalue weighted by Gasteiger charge is 2.39. The molecule has 2 atom stereocenters. The lowest BCUT2D eigenvalue weighted by Crippen LogP contribution is -2.42. The van der Waals surface area contributed by atoms with Crippen molar-refractivity contribution in [2.75, 3.05) is 12.3 Å². The highest BCUT2D eigenvalue weighted by atomic mass is 32.2. The fraction of sp³-hybridized carbons (Fsp3) is 0.440. The number of hydrogen-bond donors (Lipinski definition) is 1. The van der Waals surface area contributed by atoms with E-state index >= 15 is 0 Å². The van der Waals surface area contributed by atoms with Crippen molar-refractivity contribution in [2.24, 2.45) is 0 Å². The zero-order valence-corrected chi connectivity index (χ0v) is 20.8. The van der Waals surface area contributed by atoms with Crippen LogP contribution in [0.15, 0.2) is 54.6 Å². The van der Waals surface area contributed by atoms with Gasteiger partial charge in [-0.15, -0.1) is 11.3 Å². The Hall–Kier alpha value is -2.23. The van der Waals surface area contributed by atoms with E-state index in [0.717, 1.165) is 11.0 Å². The Morgan fingerprint density at radius 3 is 2.71 bits per heavy atom.